The average Bonchev–Trinajstić information content (AvgIpc) is 3.61. The molecule has 0 saturated carbocycles. The lowest BCUT2D eigenvalue weighted by Gasteiger charge is -2.36. The molecule has 1 spiro atoms. The molecule has 3 aliphatic rings. The Morgan fingerprint density at radius 3 is 2.02 bits per heavy atom. The van der Waals surface area contributed by atoms with Crippen molar-refractivity contribution >= 4 is 18.0 Å². The number of hydrogen-bond acceptors (Lipinski definition) is 8. The normalized spacial score (nSPS) is 17.0. The largest absolute Gasteiger partial charge is 0.497 e. The lowest BCUT2D eigenvalue weighted by Crippen LogP contribution is -2.43. The van der Waals surface area contributed by atoms with Gasteiger partial charge in [-0.2, -0.15) is 0 Å². The summed E-state index contributed by atoms with van der Waals surface area (Å²) in [5.41, 5.74) is 5.52. The maximum absolute atomic E-state index is 13.4. The maximum atomic E-state index is 13.4. The Bertz CT molecular complexity index is 2110. The number of ether oxygens (including phenoxy) is 5. The number of carbonyl (C=O) groups excluding carboxylic acids is 3. The fourth-order valence-electron chi connectivity index (χ4n) is 7.12. The first-order valence-electron chi connectivity index (χ1n) is 16.1. The van der Waals surface area contributed by atoms with Crippen molar-refractivity contribution in [1.29, 1.82) is 0 Å². The second-order valence-electron chi connectivity index (χ2n) is 12.1. The molecule has 0 bridgehead atoms. The van der Waals surface area contributed by atoms with Crippen molar-refractivity contribution < 1.29 is 38.1 Å². The highest BCUT2D eigenvalue weighted by atomic mass is 16.6. The van der Waals surface area contributed by atoms with E-state index in [1.807, 2.05) is 54.6 Å². The third kappa shape index (κ3) is 4.88. The molecule has 0 saturated heterocycles. The summed E-state index contributed by atoms with van der Waals surface area (Å²) in [5.74, 6) is 0.293. The van der Waals surface area contributed by atoms with Crippen molar-refractivity contribution in [2.75, 3.05) is 13.7 Å². The van der Waals surface area contributed by atoms with Gasteiger partial charge < -0.3 is 29.0 Å². The van der Waals surface area contributed by atoms with Gasteiger partial charge in [0.25, 0.3) is 0 Å². The number of methoxy groups -OCH3 is 1. The Morgan fingerprint density at radius 2 is 1.37 bits per heavy atom. The zero-order chi connectivity index (χ0) is 33.7. The number of benzene rings is 5. The van der Waals surface area contributed by atoms with Gasteiger partial charge in [-0.1, -0.05) is 73.7 Å². The Labute approximate surface area is 282 Å². The Morgan fingerprint density at radius 1 is 0.776 bits per heavy atom. The van der Waals surface area contributed by atoms with Gasteiger partial charge in [0.05, 0.1) is 12.7 Å². The summed E-state index contributed by atoms with van der Waals surface area (Å²) in [5, 5.41) is 2.66. The van der Waals surface area contributed by atoms with Crippen molar-refractivity contribution in [2.45, 2.75) is 30.9 Å². The van der Waals surface area contributed by atoms with Crippen molar-refractivity contribution in [2.24, 2.45) is 0 Å². The predicted octanol–water partition coefficient (Wildman–Crippen LogP) is 7.49. The SMILES string of the molecule is CC[C@H](NC(=O)OCC1c2ccccc2-c2ccccc21)C(=O)Oc1ccc2c(c1)Oc1cc(OC)ccc1C21OC(=O)c2ccccc21. The van der Waals surface area contributed by atoms with Gasteiger partial charge in [0, 0.05) is 34.7 Å². The summed E-state index contributed by atoms with van der Waals surface area (Å²) >= 11 is 0. The molecule has 9 heteroatoms. The van der Waals surface area contributed by atoms with Crippen LogP contribution >= 0.6 is 0 Å². The second-order valence-corrected chi connectivity index (χ2v) is 12.1. The van der Waals surface area contributed by atoms with E-state index >= 15 is 0 Å². The molecule has 0 radical (unpaired) electrons. The smallest absolute Gasteiger partial charge is 0.407 e. The Hall–Kier alpha value is -6.09. The van der Waals surface area contributed by atoms with Gasteiger partial charge in [-0.05, 0) is 59.0 Å². The standard InChI is InChI=1S/C40H31NO8/c1-3-34(41-39(44)46-22-30-27-12-6-4-10-25(27)26-11-5-7-13-28(26)30)38(43)47-24-17-19-33-36(21-24)48-35-20-23(45-2)16-18-32(35)40(33)31-15-9-8-14-29(31)37(42)49-40/h4-21,30,34H,3,22H2,1-2H3,(H,41,44)/t34-,40?/m0/s1. The number of rotatable bonds is 7. The van der Waals surface area contributed by atoms with Crippen LogP contribution in [0.1, 0.15) is 57.4 Å². The topological polar surface area (TPSA) is 109 Å². The predicted molar refractivity (Wildman–Crippen MR) is 179 cm³/mol. The van der Waals surface area contributed by atoms with Crippen LogP contribution in [-0.4, -0.2) is 37.8 Å². The van der Waals surface area contributed by atoms with E-state index < -0.39 is 29.7 Å². The van der Waals surface area contributed by atoms with E-state index in [9.17, 15) is 14.4 Å². The van der Waals surface area contributed by atoms with E-state index in [1.54, 1.807) is 56.5 Å². The van der Waals surface area contributed by atoms with E-state index in [-0.39, 0.29) is 24.7 Å². The molecule has 2 heterocycles. The van der Waals surface area contributed by atoms with Crippen LogP contribution in [0.2, 0.25) is 0 Å². The van der Waals surface area contributed by atoms with E-state index in [0.717, 1.165) is 22.3 Å². The van der Waals surface area contributed by atoms with Gasteiger partial charge in [-0.25, -0.2) is 14.4 Å². The van der Waals surface area contributed by atoms with Gasteiger partial charge in [0.1, 0.15) is 35.6 Å². The quantitative estimate of drug-likeness (QED) is 0.142. The number of alkyl carbamates (subject to hydrolysis) is 1. The van der Waals surface area contributed by atoms with Gasteiger partial charge in [-0.3, -0.25) is 0 Å². The minimum Gasteiger partial charge on any atom is -0.497 e. The summed E-state index contributed by atoms with van der Waals surface area (Å²) in [6.45, 7) is 1.89. The first-order chi connectivity index (χ1) is 23.9. The van der Waals surface area contributed by atoms with Gasteiger partial charge in [0.2, 0.25) is 0 Å². The van der Waals surface area contributed by atoms with Crippen LogP contribution in [0.15, 0.2) is 109 Å². The molecule has 2 aliphatic heterocycles. The molecule has 1 unspecified atom stereocenters. The first-order valence-corrected chi connectivity index (χ1v) is 16.1. The number of carbonyl (C=O) groups is 3. The highest BCUT2D eigenvalue weighted by molar-refractivity contribution is 5.97. The van der Waals surface area contributed by atoms with Crippen molar-refractivity contribution in [1.82, 2.24) is 5.32 Å². The maximum Gasteiger partial charge on any atom is 0.407 e. The van der Waals surface area contributed by atoms with E-state index in [2.05, 4.69) is 17.4 Å². The zero-order valence-electron chi connectivity index (χ0n) is 26.7. The minimum absolute atomic E-state index is 0.111. The fraction of sp³-hybridized carbons (Fsp3) is 0.175. The molecule has 9 nitrogen and oxygen atoms in total. The number of hydrogen-bond donors (Lipinski definition) is 1. The number of fused-ring (bicyclic) bond motifs is 9. The molecule has 8 rings (SSSR count). The first kappa shape index (κ1) is 30.3. The molecule has 1 amide bonds. The molecule has 1 aliphatic carbocycles. The average molecular weight is 654 g/mol. The molecule has 1 N–H and O–H groups in total. The highest BCUT2D eigenvalue weighted by Gasteiger charge is 2.53. The third-order valence-corrected chi connectivity index (χ3v) is 9.44. The monoisotopic (exact) mass is 653 g/mol. The number of esters is 2. The van der Waals surface area contributed by atoms with Crippen LogP contribution in [0.25, 0.3) is 11.1 Å². The molecular formula is C40H31NO8. The van der Waals surface area contributed by atoms with Crippen LogP contribution in [0.4, 0.5) is 4.79 Å². The molecule has 49 heavy (non-hydrogen) atoms. The van der Waals surface area contributed by atoms with Crippen LogP contribution in [0.5, 0.6) is 23.0 Å². The summed E-state index contributed by atoms with van der Waals surface area (Å²) in [4.78, 5) is 39.4. The van der Waals surface area contributed by atoms with Gasteiger partial charge in [0.15, 0.2) is 5.60 Å². The van der Waals surface area contributed by atoms with Crippen molar-refractivity contribution in [3.05, 3.63) is 143 Å². The van der Waals surface area contributed by atoms with Gasteiger partial charge >= 0.3 is 18.0 Å². The molecule has 0 fully saturated rings. The zero-order valence-corrected chi connectivity index (χ0v) is 26.7. The van der Waals surface area contributed by atoms with E-state index in [1.165, 1.54) is 0 Å². The van der Waals surface area contributed by atoms with Crippen LogP contribution in [0, 0.1) is 0 Å². The van der Waals surface area contributed by atoms with E-state index in [4.69, 9.17) is 23.7 Å². The highest BCUT2D eigenvalue weighted by Crippen LogP contribution is 2.57. The third-order valence-electron chi connectivity index (χ3n) is 9.44. The summed E-state index contributed by atoms with van der Waals surface area (Å²) in [6, 6.07) is 32.7. The Balaban J connectivity index is 1.01. The van der Waals surface area contributed by atoms with Crippen LogP contribution < -0.4 is 19.5 Å². The lowest BCUT2D eigenvalue weighted by molar-refractivity contribution is -0.136. The number of nitrogens with one attached hydrogen (secondary N) is 1. The summed E-state index contributed by atoms with van der Waals surface area (Å²) in [7, 11) is 1.55. The molecule has 244 valence electrons. The van der Waals surface area contributed by atoms with Crippen molar-refractivity contribution in [3.8, 4) is 34.1 Å². The molecule has 5 aromatic rings. The minimum atomic E-state index is -1.27. The fourth-order valence-corrected chi connectivity index (χ4v) is 7.12. The molecule has 5 aromatic carbocycles. The summed E-state index contributed by atoms with van der Waals surface area (Å²) < 4.78 is 29.3. The van der Waals surface area contributed by atoms with E-state index in [0.29, 0.717) is 39.5 Å². The van der Waals surface area contributed by atoms with Crippen LogP contribution in [0.3, 0.4) is 0 Å². The van der Waals surface area contributed by atoms with Crippen LogP contribution in [-0.2, 0) is 19.9 Å². The molecular weight excluding hydrogens is 622 g/mol. The Kier molecular flexibility index (Phi) is 7.32. The number of amides is 1. The van der Waals surface area contributed by atoms with Crippen molar-refractivity contribution in [3.63, 3.8) is 0 Å². The molecule has 0 aromatic heterocycles. The second kappa shape index (κ2) is 11.9. The lowest BCUT2D eigenvalue weighted by atomic mass is 9.77. The summed E-state index contributed by atoms with van der Waals surface area (Å²) in [6.07, 6.45) is -0.443. The molecule has 2 atom stereocenters. The van der Waals surface area contributed by atoms with Gasteiger partial charge in [-0.15, -0.1) is 0 Å².